The molecule has 0 aliphatic carbocycles. The Labute approximate surface area is 134 Å². The Balaban J connectivity index is 2.30. The van der Waals surface area contributed by atoms with Gasteiger partial charge in [0.25, 0.3) is 0 Å². The Kier molecular flexibility index (Phi) is 6.05. The van der Waals surface area contributed by atoms with Gasteiger partial charge in [-0.05, 0) is 47.3 Å². The van der Waals surface area contributed by atoms with Crippen LogP contribution in [0, 0.1) is 0 Å². The van der Waals surface area contributed by atoms with Crippen LogP contribution in [0.2, 0.25) is 0 Å². The summed E-state index contributed by atoms with van der Waals surface area (Å²) in [5, 5.41) is 5.88. The van der Waals surface area contributed by atoms with E-state index in [2.05, 4.69) is 58.4 Å². The molecule has 2 atom stereocenters. The van der Waals surface area contributed by atoms with Crippen molar-refractivity contribution in [1.82, 2.24) is 10.2 Å². The molecule has 2 rings (SSSR count). The van der Waals surface area contributed by atoms with Gasteiger partial charge >= 0.3 is 0 Å². The van der Waals surface area contributed by atoms with Crippen molar-refractivity contribution in [3.05, 3.63) is 20.8 Å². The number of thiophene rings is 1. The molecule has 2 unspecified atom stereocenters. The molecular formula is C15H25BrN2OS. The maximum atomic E-state index is 5.52. The molecule has 1 aliphatic rings. The van der Waals surface area contributed by atoms with Crippen LogP contribution in [0.1, 0.15) is 38.1 Å². The third kappa shape index (κ3) is 3.28. The predicted octanol–water partition coefficient (Wildman–Crippen LogP) is 3.66. The summed E-state index contributed by atoms with van der Waals surface area (Å²) < 4.78 is 6.75. The number of nitrogens with one attached hydrogen (secondary N) is 1. The summed E-state index contributed by atoms with van der Waals surface area (Å²) in [6.45, 7) is 11.6. The van der Waals surface area contributed by atoms with E-state index in [-0.39, 0.29) is 5.54 Å². The van der Waals surface area contributed by atoms with Crippen molar-refractivity contribution in [1.29, 1.82) is 0 Å². The Morgan fingerprint density at radius 3 is 2.65 bits per heavy atom. The van der Waals surface area contributed by atoms with Gasteiger partial charge in [0.05, 0.1) is 19.3 Å². The normalized spacial score (nSPS) is 21.6. The minimum Gasteiger partial charge on any atom is -0.379 e. The van der Waals surface area contributed by atoms with E-state index in [0.717, 1.165) is 39.3 Å². The van der Waals surface area contributed by atoms with Crippen molar-refractivity contribution in [2.45, 2.75) is 38.8 Å². The lowest BCUT2D eigenvalue weighted by molar-refractivity contribution is -0.0323. The lowest BCUT2D eigenvalue weighted by Crippen LogP contribution is -2.57. The summed E-state index contributed by atoms with van der Waals surface area (Å²) >= 11 is 5.55. The molecule has 0 amide bonds. The zero-order chi connectivity index (χ0) is 14.6. The van der Waals surface area contributed by atoms with Crippen molar-refractivity contribution in [2.24, 2.45) is 0 Å². The molecule has 0 spiro atoms. The highest BCUT2D eigenvalue weighted by Crippen LogP contribution is 2.40. The van der Waals surface area contributed by atoms with Crippen LogP contribution in [-0.2, 0) is 4.74 Å². The van der Waals surface area contributed by atoms with Gasteiger partial charge in [-0.1, -0.05) is 13.8 Å². The second kappa shape index (κ2) is 7.36. The van der Waals surface area contributed by atoms with E-state index in [1.165, 1.54) is 9.35 Å². The maximum Gasteiger partial charge on any atom is 0.0610 e. The number of morpholine rings is 1. The molecule has 20 heavy (non-hydrogen) atoms. The Bertz CT molecular complexity index is 420. The molecule has 5 heteroatoms. The fourth-order valence-corrected chi connectivity index (χ4v) is 4.82. The first-order valence-electron chi connectivity index (χ1n) is 7.42. The number of nitrogens with zero attached hydrogens (tertiary/aromatic N) is 1. The van der Waals surface area contributed by atoms with E-state index in [1.54, 1.807) is 0 Å². The van der Waals surface area contributed by atoms with Gasteiger partial charge in [0.2, 0.25) is 0 Å². The summed E-state index contributed by atoms with van der Waals surface area (Å²) in [4.78, 5) is 4.00. The summed E-state index contributed by atoms with van der Waals surface area (Å²) in [6.07, 6.45) is 1.12. The van der Waals surface area contributed by atoms with Crippen molar-refractivity contribution < 1.29 is 4.74 Å². The number of hydrogen-bond acceptors (Lipinski definition) is 4. The first kappa shape index (κ1) is 16.4. The predicted molar refractivity (Wildman–Crippen MR) is 89.5 cm³/mol. The fraction of sp³-hybridized carbons (Fsp3) is 0.733. The van der Waals surface area contributed by atoms with Gasteiger partial charge in [0, 0.05) is 28.0 Å². The molecule has 1 fully saturated rings. The molecule has 1 aromatic rings. The van der Waals surface area contributed by atoms with E-state index in [9.17, 15) is 0 Å². The average Bonchev–Trinajstić information content (AvgIpc) is 2.91. The maximum absolute atomic E-state index is 5.52. The van der Waals surface area contributed by atoms with Gasteiger partial charge in [-0.3, -0.25) is 4.90 Å². The molecule has 2 heterocycles. The molecule has 3 nitrogen and oxygen atoms in total. The molecule has 1 aliphatic heterocycles. The Hall–Kier alpha value is 0.0600. The van der Waals surface area contributed by atoms with Gasteiger partial charge in [-0.15, -0.1) is 11.3 Å². The standard InChI is InChI=1S/C15H25BrN2OS/c1-4-15(3,18-7-9-19-10-8-18)14(17-5-2)13-12(16)6-11-20-13/h6,11,14,17H,4-5,7-10H2,1-3H3. The topological polar surface area (TPSA) is 24.5 Å². The molecule has 0 bridgehead atoms. The SMILES string of the molecule is CCNC(c1sccc1Br)C(C)(CC)N1CCOCC1. The third-order valence-corrected chi connectivity index (χ3v) is 6.32. The van der Waals surface area contributed by atoms with Gasteiger partial charge in [-0.2, -0.15) is 0 Å². The van der Waals surface area contributed by atoms with E-state index in [1.807, 2.05) is 11.3 Å². The van der Waals surface area contributed by atoms with Crippen molar-refractivity contribution in [2.75, 3.05) is 32.8 Å². The van der Waals surface area contributed by atoms with Crippen LogP contribution in [0.15, 0.2) is 15.9 Å². The van der Waals surface area contributed by atoms with Crippen LogP contribution in [-0.4, -0.2) is 43.3 Å². The third-order valence-electron chi connectivity index (χ3n) is 4.39. The molecule has 1 N–H and O–H groups in total. The van der Waals surface area contributed by atoms with Gasteiger partial charge in [0.15, 0.2) is 0 Å². The van der Waals surface area contributed by atoms with Crippen LogP contribution in [0.4, 0.5) is 0 Å². The molecule has 0 saturated carbocycles. The molecule has 1 saturated heterocycles. The zero-order valence-corrected chi connectivity index (χ0v) is 15.0. The van der Waals surface area contributed by atoms with Gasteiger partial charge in [0.1, 0.15) is 0 Å². The Morgan fingerprint density at radius 2 is 2.15 bits per heavy atom. The minimum absolute atomic E-state index is 0.118. The van der Waals surface area contributed by atoms with Crippen LogP contribution >= 0.6 is 27.3 Å². The van der Waals surface area contributed by atoms with E-state index >= 15 is 0 Å². The highest BCUT2D eigenvalue weighted by molar-refractivity contribution is 9.10. The van der Waals surface area contributed by atoms with E-state index in [0.29, 0.717) is 6.04 Å². The van der Waals surface area contributed by atoms with Crippen LogP contribution < -0.4 is 5.32 Å². The van der Waals surface area contributed by atoms with Crippen LogP contribution in [0.25, 0.3) is 0 Å². The molecule has 0 aromatic carbocycles. The summed E-state index contributed by atoms with van der Waals surface area (Å²) in [5.41, 5.74) is 0.118. The second-order valence-corrected chi connectivity index (χ2v) is 7.24. The van der Waals surface area contributed by atoms with E-state index < -0.39 is 0 Å². The zero-order valence-electron chi connectivity index (χ0n) is 12.6. The fourth-order valence-electron chi connectivity index (χ4n) is 3.00. The molecule has 114 valence electrons. The average molecular weight is 361 g/mol. The van der Waals surface area contributed by atoms with Gasteiger partial charge in [-0.25, -0.2) is 0 Å². The summed E-state index contributed by atoms with van der Waals surface area (Å²) in [5.74, 6) is 0. The molecule has 0 radical (unpaired) electrons. The molecular weight excluding hydrogens is 336 g/mol. The van der Waals surface area contributed by atoms with Crippen molar-refractivity contribution >= 4 is 27.3 Å². The number of hydrogen-bond donors (Lipinski definition) is 1. The number of halogens is 1. The quantitative estimate of drug-likeness (QED) is 0.837. The first-order valence-corrected chi connectivity index (χ1v) is 9.09. The Morgan fingerprint density at radius 1 is 1.45 bits per heavy atom. The van der Waals surface area contributed by atoms with Crippen LogP contribution in [0.3, 0.4) is 0 Å². The van der Waals surface area contributed by atoms with Gasteiger partial charge < -0.3 is 10.1 Å². The molecule has 1 aromatic heterocycles. The monoisotopic (exact) mass is 360 g/mol. The summed E-state index contributed by atoms with van der Waals surface area (Å²) in [6, 6.07) is 2.50. The second-order valence-electron chi connectivity index (χ2n) is 5.43. The number of likely N-dealkylation sites (N-methyl/N-ethyl adjacent to an activating group) is 1. The highest BCUT2D eigenvalue weighted by atomic mass is 79.9. The lowest BCUT2D eigenvalue weighted by atomic mass is 9.85. The summed E-state index contributed by atoms with van der Waals surface area (Å²) in [7, 11) is 0. The van der Waals surface area contributed by atoms with Crippen molar-refractivity contribution in [3.63, 3.8) is 0 Å². The largest absolute Gasteiger partial charge is 0.379 e. The first-order chi connectivity index (χ1) is 9.63. The van der Waals surface area contributed by atoms with E-state index in [4.69, 9.17) is 4.74 Å². The minimum atomic E-state index is 0.118. The van der Waals surface area contributed by atoms with Crippen LogP contribution in [0.5, 0.6) is 0 Å². The number of rotatable bonds is 6. The lowest BCUT2D eigenvalue weighted by Gasteiger charge is -2.48. The number of ether oxygens (including phenoxy) is 1. The smallest absolute Gasteiger partial charge is 0.0610 e. The van der Waals surface area contributed by atoms with Crippen molar-refractivity contribution in [3.8, 4) is 0 Å². The highest BCUT2D eigenvalue weighted by Gasteiger charge is 2.40.